The van der Waals surface area contributed by atoms with Gasteiger partial charge in [0.1, 0.15) is 6.29 Å². The van der Waals surface area contributed by atoms with Gasteiger partial charge >= 0.3 is 0 Å². The lowest BCUT2D eigenvalue weighted by atomic mass is 9.71. The van der Waals surface area contributed by atoms with Gasteiger partial charge in [0.05, 0.1) is 13.2 Å². The summed E-state index contributed by atoms with van der Waals surface area (Å²) in [4.78, 5) is 11.7. The number of rotatable bonds is 3. The number of aldehydes is 1. The first-order valence-electron chi connectivity index (χ1n) is 10.1. The van der Waals surface area contributed by atoms with E-state index < -0.39 is 0 Å². The molecule has 3 atom stereocenters. The van der Waals surface area contributed by atoms with Gasteiger partial charge in [-0.15, -0.1) is 0 Å². The summed E-state index contributed by atoms with van der Waals surface area (Å²) in [7, 11) is 0. The lowest BCUT2D eigenvalue weighted by Crippen LogP contribution is -2.30. The molecule has 142 valence electrons. The van der Waals surface area contributed by atoms with Crippen LogP contribution in [0.2, 0.25) is 0 Å². The third-order valence-corrected chi connectivity index (χ3v) is 6.05. The number of carbonyl (C=O) groups excluding carboxylic acids is 1. The van der Waals surface area contributed by atoms with E-state index >= 15 is 0 Å². The molecule has 0 bridgehead atoms. The molecule has 0 radical (unpaired) electrons. The van der Waals surface area contributed by atoms with E-state index in [1.54, 1.807) is 0 Å². The number of nitrogens with zero attached hydrogens (tertiary/aromatic N) is 1. The molecule has 3 unspecified atom stereocenters. The molecule has 1 N–H and O–H groups in total. The van der Waals surface area contributed by atoms with Crippen LogP contribution in [0.1, 0.15) is 44.4 Å². The van der Waals surface area contributed by atoms with Crippen molar-refractivity contribution in [3.8, 4) is 0 Å². The quantitative estimate of drug-likeness (QED) is 0.852. The van der Waals surface area contributed by atoms with Gasteiger partial charge in [0.15, 0.2) is 0 Å². The van der Waals surface area contributed by atoms with Gasteiger partial charge < -0.3 is 19.4 Å². The first kappa shape index (κ1) is 19.1. The average Bonchev–Trinajstić information content (AvgIpc) is 3.02. The molecule has 1 aromatic heterocycles. The molecule has 0 spiro atoms. The van der Waals surface area contributed by atoms with Gasteiger partial charge in [-0.05, 0) is 36.8 Å². The fourth-order valence-electron chi connectivity index (χ4n) is 4.55. The number of fused-ring (bicyclic) bond motifs is 3. The van der Waals surface area contributed by atoms with Gasteiger partial charge in [0, 0.05) is 42.1 Å². The van der Waals surface area contributed by atoms with E-state index in [1.807, 2.05) is 0 Å². The van der Waals surface area contributed by atoms with Crippen LogP contribution in [0.15, 0.2) is 24.3 Å². The zero-order valence-corrected chi connectivity index (χ0v) is 16.3. The molecule has 0 saturated carbocycles. The van der Waals surface area contributed by atoms with Crippen molar-refractivity contribution in [2.75, 3.05) is 26.3 Å². The Morgan fingerprint density at radius 2 is 1.96 bits per heavy atom. The third-order valence-electron chi connectivity index (χ3n) is 6.05. The summed E-state index contributed by atoms with van der Waals surface area (Å²) in [6.45, 7) is 11.5. The number of hydrogen-bond donors (Lipinski definition) is 1. The van der Waals surface area contributed by atoms with Gasteiger partial charge in [-0.3, -0.25) is 0 Å². The lowest BCUT2D eigenvalue weighted by Gasteiger charge is -2.34. The number of aryl methyl sites for hydroxylation is 1. The normalized spacial score (nSPS) is 25.3. The van der Waals surface area contributed by atoms with E-state index in [-0.39, 0.29) is 5.92 Å². The van der Waals surface area contributed by atoms with Crippen molar-refractivity contribution in [2.45, 2.75) is 46.1 Å². The number of hydrogen-bond acceptors (Lipinski definition) is 3. The van der Waals surface area contributed by atoms with Crippen LogP contribution >= 0.6 is 0 Å². The maximum absolute atomic E-state index is 11.7. The Balaban J connectivity index is 0.000000278. The number of ether oxygens (including phenoxy) is 1. The zero-order chi connectivity index (χ0) is 18.5. The van der Waals surface area contributed by atoms with Gasteiger partial charge in [-0.25, -0.2) is 0 Å². The molecule has 2 aliphatic rings. The summed E-state index contributed by atoms with van der Waals surface area (Å²) in [6.07, 6.45) is 3.44. The fraction of sp³-hybridized carbons (Fsp3) is 0.591. The molecule has 0 amide bonds. The SMILES string of the molecule is C1COCCN1.CCC1Cc2c(c3ccccc3n2CC)C(C=O)C1C. The van der Waals surface area contributed by atoms with Crippen molar-refractivity contribution >= 4 is 17.2 Å². The minimum atomic E-state index is 0.0569. The highest BCUT2D eigenvalue weighted by Crippen LogP contribution is 2.44. The molecule has 4 heteroatoms. The number of aromatic nitrogens is 1. The molecule has 4 rings (SSSR count). The average molecular weight is 357 g/mol. The predicted molar refractivity (Wildman–Crippen MR) is 107 cm³/mol. The number of benzene rings is 1. The molecule has 1 fully saturated rings. The van der Waals surface area contributed by atoms with Crippen molar-refractivity contribution in [3.63, 3.8) is 0 Å². The third kappa shape index (κ3) is 3.58. The molecule has 2 heterocycles. The maximum Gasteiger partial charge on any atom is 0.127 e. The van der Waals surface area contributed by atoms with Crippen molar-refractivity contribution < 1.29 is 9.53 Å². The maximum atomic E-state index is 11.7. The van der Waals surface area contributed by atoms with E-state index in [2.05, 4.69) is 54.9 Å². The van der Waals surface area contributed by atoms with Gasteiger partial charge in [-0.2, -0.15) is 0 Å². The van der Waals surface area contributed by atoms with E-state index in [0.29, 0.717) is 11.8 Å². The van der Waals surface area contributed by atoms with Crippen LogP contribution in [0.4, 0.5) is 0 Å². The Bertz CT molecular complexity index is 722. The van der Waals surface area contributed by atoms with Crippen LogP contribution in [0, 0.1) is 11.8 Å². The Morgan fingerprint density at radius 3 is 2.50 bits per heavy atom. The van der Waals surface area contributed by atoms with Crippen molar-refractivity contribution in [1.29, 1.82) is 0 Å². The predicted octanol–water partition coefficient (Wildman–Crippen LogP) is 3.77. The monoisotopic (exact) mass is 356 g/mol. The standard InChI is InChI=1S/C18H23NO.C4H9NO/c1-4-13-10-17-18(15(11-20)12(13)3)14-8-6-7-9-16(14)19(17)5-2;1-3-6-4-2-5-1/h6-9,11-13,15H,4-5,10H2,1-3H3;5H,1-4H2. The zero-order valence-electron chi connectivity index (χ0n) is 16.3. The summed E-state index contributed by atoms with van der Waals surface area (Å²) in [6, 6.07) is 8.54. The fourth-order valence-corrected chi connectivity index (χ4v) is 4.55. The van der Waals surface area contributed by atoms with Crippen LogP contribution in [0.3, 0.4) is 0 Å². The van der Waals surface area contributed by atoms with Crippen LogP contribution in [0.25, 0.3) is 10.9 Å². The van der Waals surface area contributed by atoms with E-state index in [9.17, 15) is 4.79 Å². The Morgan fingerprint density at radius 1 is 1.23 bits per heavy atom. The molecule has 1 aromatic carbocycles. The van der Waals surface area contributed by atoms with Crippen LogP contribution in [-0.4, -0.2) is 37.2 Å². The number of morpholine rings is 1. The van der Waals surface area contributed by atoms with Crippen molar-refractivity contribution in [1.82, 2.24) is 9.88 Å². The summed E-state index contributed by atoms with van der Waals surface area (Å²) in [5.74, 6) is 1.12. The summed E-state index contributed by atoms with van der Waals surface area (Å²) in [5.41, 5.74) is 3.99. The second kappa shape index (κ2) is 8.83. The molecular formula is C22H32N2O2. The minimum Gasteiger partial charge on any atom is -0.379 e. The molecule has 26 heavy (non-hydrogen) atoms. The van der Waals surface area contributed by atoms with Gasteiger partial charge in [-0.1, -0.05) is 38.5 Å². The summed E-state index contributed by atoms with van der Waals surface area (Å²) in [5, 5.41) is 4.44. The minimum absolute atomic E-state index is 0.0569. The number of carbonyl (C=O) groups is 1. The number of nitrogens with one attached hydrogen (secondary N) is 1. The number of para-hydroxylation sites is 1. The van der Waals surface area contributed by atoms with Crippen LogP contribution in [0.5, 0.6) is 0 Å². The van der Waals surface area contributed by atoms with E-state index in [0.717, 1.165) is 45.7 Å². The summed E-state index contributed by atoms with van der Waals surface area (Å²) < 4.78 is 7.42. The van der Waals surface area contributed by atoms with Crippen molar-refractivity contribution in [2.24, 2.45) is 11.8 Å². The Kier molecular flexibility index (Phi) is 6.49. The van der Waals surface area contributed by atoms with Crippen LogP contribution in [-0.2, 0) is 22.5 Å². The van der Waals surface area contributed by atoms with Gasteiger partial charge in [0.25, 0.3) is 0 Å². The highest BCUT2D eigenvalue weighted by atomic mass is 16.5. The first-order chi connectivity index (χ1) is 12.7. The highest BCUT2D eigenvalue weighted by molar-refractivity contribution is 5.89. The largest absolute Gasteiger partial charge is 0.379 e. The second-order valence-electron chi connectivity index (χ2n) is 7.38. The second-order valence-corrected chi connectivity index (χ2v) is 7.38. The van der Waals surface area contributed by atoms with E-state index in [4.69, 9.17) is 4.74 Å². The Labute approximate surface area is 156 Å². The Hall–Kier alpha value is -1.65. The first-order valence-corrected chi connectivity index (χ1v) is 10.1. The molecule has 4 nitrogen and oxygen atoms in total. The molecule has 1 aliphatic carbocycles. The molecule has 2 aromatic rings. The lowest BCUT2D eigenvalue weighted by molar-refractivity contribution is -0.110. The van der Waals surface area contributed by atoms with Crippen molar-refractivity contribution in [3.05, 3.63) is 35.5 Å². The molecule has 1 saturated heterocycles. The van der Waals surface area contributed by atoms with E-state index in [1.165, 1.54) is 28.4 Å². The smallest absolute Gasteiger partial charge is 0.127 e. The summed E-state index contributed by atoms with van der Waals surface area (Å²) >= 11 is 0. The molecular weight excluding hydrogens is 324 g/mol. The highest BCUT2D eigenvalue weighted by Gasteiger charge is 2.36. The van der Waals surface area contributed by atoms with Crippen LogP contribution < -0.4 is 5.32 Å². The van der Waals surface area contributed by atoms with Gasteiger partial charge in [0.2, 0.25) is 0 Å². The molecule has 1 aliphatic heterocycles. The topological polar surface area (TPSA) is 43.3 Å².